The molecule has 0 unspecified atom stereocenters. The highest BCUT2D eigenvalue weighted by molar-refractivity contribution is 6.56. The van der Waals surface area contributed by atoms with E-state index in [4.69, 9.17) is 23.2 Å². The Balaban J connectivity index is 4.11. The molecule has 58 valence electrons. The van der Waals surface area contributed by atoms with Gasteiger partial charge in [0.1, 0.15) is 10.3 Å². The number of halogens is 2. The van der Waals surface area contributed by atoms with E-state index in [-0.39, 0.29) is 4.49 Å². The molecule has 0 saturated heterocycles. The molecule has 0 bridgehead atoms. The first-order valence-corrected chi connectivity index (χ1v) is 3.56. The Labute approximate surface area is 69.8 Å². The van der Waals surface area contributed by atoms with E-state index in [1.165, 1.54) is 6.92 Å². The quantitative estimate of drug-likeness (QED) is 0.485. The molecule has 0 radical (unpaired) electrons. The van der Waals surface area contributed by atoms with Crippen LogP contribution in [0.25, 0.3) is 0 Å². The summed E-state index contributed by atoms with van der Waals surface area (Å²) in [7, 11) is 0. The first kappa shape index (κ1) is 9.79. The van der Waals surface area contributed by atoms with Crippen molar-refractivity contribution in [2.75, 3.05) is 0 Å². The predicted molar refractivity (Wildman–Crippen MR) is 40.8 cm³/mol. The Bertz CT molecular complexity index is 159. The van der Waals surface area contributed by atoms with Crippen molar-refractivity contribution in [1.82, 2.24) is 0 Å². The first-order valence-electron chi connectivity index (χ1n) is 2.80. The molecule has 0 saturated carbocycles. The smallest absolute Gasteiger partial charge is 0.307 e. The highest BCUT2D eigenvalue weighted by Gasteiger charge is 2.03. The maximum absolute atomic E-state index is 10.3. The van der Waals surface area contributed by atoms with Gasteiger partial charge in [0.25, 0.3) is 0 Å². The van der Waals surface area contributed by atoms with E-state index in [1.807, 2.05) is 0 Å². The standard InChI is InChI=1S/C6H8Cl2O2/c1-3-5(6(7)8)10-4(2)9/h3H2,1-2H3. The van der Waals surface area contributed by atoms with Crippen LogP contribution >= 0.6 is 23.2 Å². The minimum Gasteiger partial charge on any atom is -0.429 e. The maximum atomic E-state index is 10.3. The summed E-state index contributed by atoms with van der Waals surface area (Å²) in [6.45, 7) is 3.09. The number of carbonyl (C=O) groups excluding carboxylic acids is 1. The van der Waals surface area contributed by atoms with E-state index < -0.39 is 5.97 Å². The van der Waals surface area contributed by atoms with Gasteiger partial charge in [-0.25, -0.2) is 0 Å². The van der Waals surface area contributed by atoms with E-state index in [2.05, 4.69) is 4.74 Å². The Morgan fingerprint density at radius 2 is 2.00 bits per heavy atom. The highest BCUT2D eigenvalue weighted by atomic mass is 35.5. The van der Waals surface area contributed by atoms with Crippen molar-refractivity contribution in [3.8, 4) is 0 Å². The summed E-state index contributed by atoms with van der Waals surface area (Å²) >= 11 is 10.7. The number of esters is 1. The predicted octanol–water partition coefficient (Wildman–Crippen LogP) is 2.61. The summed E-state index contributed by atoms with van der Waals surface area (Å²) in [5.41, 5.74) is 0. The van der Waals surface area contributed by atoms with E-state index in [9.17, 15) is 4.79 Å². The molecule has 0 spiro atoms. The molecular weight excluding hydrogens is 175 g/mol. The lowest BCUT2D eigenvalue weighted by atomic mass is 10.4. The minimum absolute atomic E-state index is 0.0118. The summed E-state index contributed by atoms with van der Waals surface area (Å²) in [5, 5.41) is 0. The molecule has 2 nitrogen and oxygen atoms in total. The van der Waals surface area contributed by atoms with E-state index in [0.717, 1.165) is 0 Å². The zero-order valence-electron chi connectivity index (χ0n) is 5.78. The van der Waals surface area contributed by atoms with Crippen molar-refractivity contribution >= 4 is 29.2 Å². The Morgan fingerprint density at radius 3 is 2.10 bits per heavy atom. The minimum atomic E-state index is -0.407. The van der Waals surface area contributed by atoms with Crippen molar-refractivity contribution in [3.63, 3.8) is 0 Å². The molecule has 0 rings (SSSR count). The van der Waals surface area contributed by atoms with Crippen LogP contribution in [-0.2, 0) is 9.53 Å². The van der Waals surface area contributed by atoms with E-state index in [0.29, 0.717) is 12.2 Å². The van der Waals surface area contributed by atoms with Gasteiger partial charge in [0, 0.05) is 13.3 Å². The summed E-state index contributed by atoms with van der Waals surface area (Å²) in [4.78, 5) is 10.3. The van der Waals surface area contributed by atoms with Crippen LogP contribution in [0, 0.1) is 0 Å². The second-order valence-electron chi connectivity index (χ2n) is 1.63. The van der Waals surface area contributed by atoms with Crippen molar-refractivity contribution in [1.29, 1.82) is 0 Å². The van der Waals surface area contributed by atoms with E-state index in [1.54, 1.807) is 6.92 Å². The van der Waals surface area contributed by atoms with Crippen LogP contribution in [-0.4, -0.2) is 5.97 Å². The van der Waals surface area contributed by atoms with Gasteiger partial charge in [-0.3, -0.25) is 4.79 Å². The molecule has 0 heterocycles. The topological polar surface area (TPSA) is 26.3 Å². The molecule has 0 atom stereocenters. The van der Waals surface area contributed by atoms with Crippen LogP contribution in [0.2, 0.25) is 0 Å². The van der Waals surface area contributed by atoms with Crippen molar-refractivity contribution in [2.45, 2.75) is 20.3 Å². The highest BCUT2D eigenvalue weighted by Crippen LogP contribution is 2.17. The third-order valence-corrected chi connectivity index (χ3v) is 1.22. The molecule has 0 aliphatic heterocycles. The van der Waals surface area contributed by atoms with E-state index >= 15 is 0 Å². The van der Waals surface area contributed by atoms with Crippen LogP contribution in [0.4, 0.5) is 0 Å². The van der Waals surface area contributed by atoms with Crippen molar-refractivity contribution in [3.05, 3.63) is 10.3 Å². The number of hydrogen-bond acceptors (Lipinski definition) is 2. The van der Waals surface area contributed by atoms with Gasteiger partial charge in [0.05, 0.1) is 0 Å². The molecule has 0 aliphatic carbocycles. The second kappa shape index (κ2) is 4.58. The maximum Gasteiger partial charge on any atom is 0.307 e. The summed E-state index contributed by atoms with van der Waals surface area (Å²) in [6.07, 6.45) is 0.516. The molecule has 0 aliphatic rings. The largest absolute Gasteiger partial charge is 0.429 e. The van der Waals surface area contributed by atoms with Crippen molar-refractivity contribution in [2.24, 2.45) is 0 Å². The monoisotopic (exact) mass is 182 g/mol. The average molecular weight is 183 g/mol. The van der Waals surface area contributed by atoms with Crippen LogP contribution in [0.15, 0.2) is 10.3 Å². The SMILES string of the molecule is CCC(OC(C)=O)=C(Cl)Cl. The Hall–Kier alpha value is -0.210. The van der Waals surface area contributed by atoms with Crippen molar-refractivity contribution < 1.29 is 9.53 Å². The fourth-order valence-corrected chi connectivity index (χ4v) is 0.762. The Kier molecular flexibility index (Phi) is 4.49. The van der Waals surface area contributed by atoms with Gasteiger partial charge in [-0.15, -0.1) is 0 Å². The van der Waals surface area contributed by atoms with Crippen LogP contribution in [0.1, 0.15) is 20.3 Å². The molecule has 0 N–H and O–H groups in total. The lowest BCUT2D eigenvalue weighted by molar-refractivity contribution is -0.137. The number of allylic oxidation sites excluding steroid dienone is 1. The fraction of sp³-hybridized carbons (Fsp3) is 0.500. The molecular formula is C6H8Cl2O2. The van der Waals surface area contributed by atoms with Gasteiger partial charge in [0.2, 0.25) is 0 Å². The van der Waals surface area contributed by atoms with Crippen LogP contribution in [0.3, 0.4) is 0 Å². The summed E-state index contributed by atoms with van der Waals surface area (Å²) in [6, 6.07) is 0. The summed E-state index contributed by atoms with van der Waals surface area (Å²) in [5.74, 6) is -0.0912. The molecule has 0 aromatic heterocycles. The lowest BCUT2D eigenvalue weighted by Crippen LogP contribution is -1.98. The van der Waals surface area contributed by atoms with Crippen LogP contribution < -0.4 is 0 Å². The molecule has 0 aromatic rings. The second-order valence-corrected chi connectivity index (χ2v) is 2.58. The molecule has 10 heavy (non-hydrogen) atoms. The van der Waals surface area contributed by atoms with Gasteiger partial charge in [-0.2, -0.15) is 0 Å². The van der Waals surface area contributed by atoms with Gasteiger partial charge >= 0.3 is 5.97 Å². The molecule has 0 aromatic carbocycles. The lowest BCUT2D eigenvalue weighted by Gasteiger charge is -2.02. The number of hydrogen-bond donors (Lipinski definition) is 0. The molecule has 0 fully saturated rings. The number of rotatable bonds is 2. The fourth-order valence-electron chi connectivity index (χ4n) is 0.418. The third-order valence-electron chi connectivity index (χ3n) is 0.799. The zero-order valence-corrected chi connectivity index (χ0v) is 7.29. The van der Waals surface area contributed by atoms with Crippen LogP contribution in [0.5, 0.6) is 0 Å². The Morgan fingerprint density at radius 1 is 1.50 bits per heavy atom. The summed E-state index contributed by atoms with van der Waals surface area (Å²) < 4.78 is 4.65. The van der Waals surface area contributed by atoms with Gasteiger partial charge in [-0.1, -0.05) is 30.1 Å². The van der Waals surface area contributed by atoms with Gasteiger partial charge in [0.15, 0.2) is 0 Å². The van der Waals surface area contributed by atoms with Gasteiger partial charge < -0.3 is 4.74 Å². The normalized spacial score (nSPS) is 8.80. The zero-order chi connectivity index (χ0) is 8.15. The average Bonchev–Trinajstić information content (AvgIpc) is 1.81. The molecule has 0 amide bonds. The molecule has 4 heteroatoms. The number of ether oxygens (including phenoxy) is 1. The number of carbonyl (C=O) groups is 1. The first-order chi connectivity index (χ1) is 4.57. The van der Waals surface area contributed by atoms with Gasteiger partial charge in [-0.05, 0) is 0 Å². The third kappa shape index (κ3) is 3.75.